The van der Waals surface area contributed by atoms with Crippen LogP contribution < -0.4 is 5.32 Å². The Morgan fingerprint density at radius 2 is 2.22 bits per heavy atom. The van der Waals surface area contributed by atoms with Gasteiger partial charge in [0, 0.05) is 18.9 Å². The van der Waals surface area contributed by atoms with Crippen molar-refractivity contribution in [2.24, 2.45) is 0 Å². The number of pyridine rings is 1. The third-order valence-corrected chi connectivity index (χ3v) is 2.12. The number of ether oxygens (including phenoxy) is 1. The van der Waals surface area contributed by atoms with Gasteiger partial charge in [-0.3, -0.25) is 9.78 Å². The SMILES string of the molecule is O=C(NCCOCC(F)(F)F)c1ccncc1Cl. The predicted molar refractivity (Wildman–Crippen MR) is 58.5 cm³/mol. The van der Waals surface area contributed by atoms with Crippen molar-refractivity contribution in [2.45, 2.75) is 6.18 Å². The van der Waals surface area contributed by atoms with Gasteiger partial charge in [-0.1, -0.05) is 11.6 Å². The summed E-state index contributed by atoms with van der Waals surface area (Å²) in [6.45, 7) is -1.60. The first kappa shape index (κ1) is 14.7. The lowest BCUT2D eigenvalue weighted by Gasteiger charge is -2.08. The zero-order valence-electron chi connectivity index (χ0n) is 9.13. The van der Waals surface area contributed by atoms with Crippen molar-refractivity contribution in [3.05, 3.63) is 29.0 Å². The molecule has 1 heterocycles. The Morgan fingerprint density at radius 1 is 1.50 bits per heavy atom. The van der Waals surface area contributed by atoms with Crippen molar-refractivity contribution in [2.75, 3.05) is 19.8 Å². The van der Waals surface area contributed by atoms with E-state index in [2.05, 4.69) is 15.0 Å². The minimum atomic E-state index is -4.36. The van der Waals surface area contributed by atoms with Gasteiger partial charge in [0.25, 0.3) is 5.91 Å². The van der Waals surface area contributed by atoms with E-state index in [9.17, 15) is 18.0 Å². The molecule has 0 aliphatic rings. The van der Waals surface area contributed by atoms with Gasteiger partial charge in [0.05, 0.1) is 17.2 Å². The first-order valence-electron chi connectivity index (χ1n) is 4.92. The van der Waals surface area contributed by atoms with Crippen LogP contribution in [0.4, 0.5) is 13.2 Å². The van der Waals surface area contributed by atoms with E-state index >= 15 is 0 Å². The monoisotopic (exact) mass is 282 g/mol. The van der Waals surface area contributed by atoms with Crippen molar-refractivity contribution in [3.63, 3.8) is 0 Å². The number of alkyl halides is 3. The summed E-state index contributed by atoms with van der Waals surface area (Å²) in [6, 6.07) is 1.41. The Bertz CT molecular complexity index is 412. The highest BCUT2D eigenvalue weighted by molar-refractivity contribution is 6.33. The minimum Gasteiger partial charge on any atom is -0.370 e. The third-order valence-electron chi connectivity index (χ3n) is 1.81. The topological polar surface area (TPSA) is 51.2 Å². The Balaban J connectivity index is 2.28. The Kier molecular flexibility index (Phi) is 5.36. The van der Waals surface area contributed by atoms with E-state index in [0.29, 0.717) is 0 Å². The third kappa shape index (κ3) is 5.33. The molecule has 1 aromatic heterocycles. The number of amides is 1. The summed E-state index contributed by atoms with van der Waals surface area (Å²) in [7, 11) is 0. The van der Waals surface area contributed by atoms with Crippen LogP contribution in [0, 0.1) is 0 Å². The number of nitrogens with zero attached hydrogens (tertiary/aromatic N) is 1. The van der Waals surface area contributed by atoms with Gasteiger partial charge >= 0.3 is 6.18 Å². The molecule has 4 nitrogen and oxygen atoms in total. The molecule has 1 N–H and O–H groups in total. The van der Waals surface area contributed by atoms with Crippen LogP contribution in [-0.4, -0.2) is 36.8 Å². The van der Waals surface area contributed by atoms with Gasteiger partial charge in [-0.25, -0.2) is 0 Å². The van der Waals surface area contributed by atoms with E-state index in [0.717, 1.165) is 0 Å². The zero-order valence-corrected chi connectivity index (χ0v) is 9.88. The quantitative estimate of drug-likeness (QED) is 0.841. The zero-order chi connectivity index (χ0) is 13.6. The largest absolute Gasteiger partial charge is 0.411 e. The second-order valence-electron chi connectivity index (χ2n) is 3.28. The highest BCUT2D eigenvalue weighted by atomic mass is 35.5. The number of hydrogen-bond donors (Lipinski definition) is 1. The molecule has 0 spiro atoms. The molecule has 1 aromatic rings. The minimum absolute atomic E-state index is 0.0342. The lowest BCUT2D eigenvalue weighted by Crippen LogP contribution is -2.29. The van der Waals surface area contributed by atoms with Gasteiger partial charge < -0.3 is 10.1 Å². The first-order chi connectivity index (χ1) is 8.40. The molecule has 1 amide bonds. The van der Waals surface area contributed by atoms with Crippen LogP contribution in [0.5, 0.6) is 0 Å². The molecule has 0 bridgehead atoms. The van der Waals surface area contributed by atoms with Crippen LogP contribution >= 0.6 is 11.6 Å². The highest BCUT2D eigenvalue weighted by Gasteiger charge is 2.27. The molecule has 0 saturated carbocycles. The Hall–Kier alpha value is -1.34. The summed E-state index contributed by atoms with van der Waals surface area (Å²) in [5, 5.41) is 2.55. The van der Waals surface area contributed by atoms with Gasteiger partial charge in [0.1, 0.15) is 6.61 Å². The van der Waals surface area contributed by atoms with Crippen LogP contribution in [0.15, 0.2) is 18.5 Å². The smallest absolute Gasteiger partial charge is 0.370 e. The fraction of sp³-hybridized carbons (Fsp3) is 0.400. The molecule has 0 aromatic carbocycles. The maximum absolute atomic E-state index is 11.7. The summed E-state index contributed by atoms with van der Waals surface area (Å²) in [5.41, 5.74) is 0.211. The first-order valence-corrected chi connectivity index (χ1v) is 5.30. The summed E-state index contributed by atoms with van der Waals surface area (Å²) < 4.78 is 39.5. The fourth-order valence-corrected chi connectivity index (χ4v) is 1.28. The van der Waals surface area contributed by atoms with Crippen molar-refractivity contribution in [1.29, 1.82) is 0 Å². The van der Waals surface area contributed by atoms with Gasteiger partial charge in [-0.05, 0) is 6.07 Å². The number of hydrogen-bond acceptors (Lipinski definition) is 3. The average molecular weight is 283 g/mol. The molecule has 0 fully saturated rings. The molecule has 0 aliphatic carbocycles. The molecule has 0 atom stereocenters. The number of rotatable bonds is 5. The summed E-state index contributed by atoms with van der Waals surface area (Å²) in [5.74, 6) is -0.488. The number of carbonyl (C=O) groups excluding carboxylic acids is 1. The normalized spacial score (nSPS) is 11.3. The maximum atomic E-state index is 11.7. The fourth-order valence-electron chi connectivity index (χ4n) is 1.08. The average Bonchev–Trinajstić information content (AvgIpc) is 2.27. The number of halogens is 4. The van der Waals surface area contributed by atoms with Crippen LogP contribution in [0.3, 0.4) is 0 Å². The van der Waals surface area contributed by atoms with E-state index < -0.39 is 18.7 Å². The van der Waals surface area contributed by atoms with Gasteiger partial charge in [0.2, 0.25) is 0 Å². The van der Waals surface area contributed by atoms with E-state index in [4.69, 9.17) is 11.6 Å². The maximum Gasteiger partial charge on any atom is 0.411 e. The van der Waals surface area contributed by atoms with Crippen molar-refractivity contribution < 1.29 is 22.7 Å². The number of aromatic nitrogens is 1. The molecule has 0 aliphatic heterocycles. The molecule has 1 rings (SSSR count). The van der Waals surface area contributed by atoms with E-state index in [1.165, 1.54) is 18.5 Å². The van der Waals surface area contributed by atoms with Crippen molar-refractivity contribution >= 4 is 17.5 Å². The highest BCUT2D eigenvalue weighted by Crippen LogP contribution is 2.14. The number of nitrogens with one attached hydrogen (secondary N) is 1. The van der Waals surface area contributed by atoms with Crippen LogP contribution in [0.1, 0.15) is 10.4 Å². The molecule has 8 heteroatoms. The number of carbonyl (C=O) groups is 1. The second kappa shape index (κ2) is 6.55. The lowest BCUT2D eigenvalue weighted by atomic mass is 10.2. The molecule has 100 valence electrons. The van der Waals surface area contributed by atoms with Gasteiger partial charge in [-0.2, -0.15) is 13.2 Å². The van der Waals surface area contributed by atoms with Crippen LogP contribution in [0.2, 0.25) is 5.02 Å². The molecular weight excluding hydrogens is 273 g/mol. The summed E-state index contributed by atoms with van der Waals surface area (Å²) in [4.78, 5) is 15.2. The molecule has 18 heavy (non-hydrogen) atoms. The van der Waals surface area contributed by atoms with Crippen LogP contribution in [0.25, 0.3) is 0 Å². The van der Waals surface area contributed by atoms with E-state index in [1.54, 1.807) is 0 Å². The lowest BCUT2D eigenvalue weighted by molar-refractivity contribution is -0.173. The summed E-state index contributed by atoms with van der Waals surface area (Å²) >= 11 is 5.72. The van der Waals surface area contributed by atoms with E-state index in [1.807, 2.05) is 0 Å². The van der Waals surface area contributed by atoms with Crippen molar-refractivity contribution in [3.8, 4) is 0 Å². The molecular formula is C10H10ClF3N2O2. The van der Waals surface area contributed by atoms with E-state index in [-0.39, 0.29) is 23.7 Å². The predicted octanol–water partition coefficient (Wildman–Crippen LogP) is 2.04. The molecule has 0 unspecified atom stereocenters. The van der Waals surface area contributed by atoms with Gasteiger partial charge in [0.15, 0.2) is 0 Å². The summed E-state index contributed by atoms with van der Waals surface area (Å²) in [6.07, 6.45) is -1.67. The Morgan fingerprint density at radius 3 is 2.83 bits per heavy atom. The second-order valence-corrected chi connectivity index (χ2v) is 3.69. The van der Waals surface area contributed by atoms with Crippen molar-refractivity contribution in [1.82, 2.24) is 10.3 Å². The standard InChI is InChI=1S/C10H10ClF3N2O2/c11-8-5-15-2-1-7(8)9(17)16-3-4-18-6-10(12,13)14/h1-2,5H,3-4,6H2,(H,16,17). The Labute approximate surface area is 106 Å². The van der Waals surface area contributed by atoms with Gasteiger partial charge in [-0.15, -0.1) is 0 Å². The van der Waals surface area contributed by atoms with Crippen LogP contribution in [-0.2, 0) is 4.74 Å². The molecule has 0 radical (unpaired) electrons. The molecule has 0 saturated heterocycles.